The zero-order valence-electron chi connectivity index (χ0n) is 27.3. The second-order valence-corrected chi connectivity index (χ2v) is 13.1. The number of rotatable bonds is 5. The minimum Gasteiger partial charge on any atom is -0.436 e. The fourth-order valence-corrected chi connectivity index (χ4v) is 7.38. The summed E-state index contributed by atoms with van der Waals surface area (Å²) in [5.41, 5.74) is 15.0. The molecule has 238 valence electrons. The third kappa shape index (κ3) is 4.78. The summed E-state index contributed by atoms with van der Waals surface area (Å²) in [6.45, 7) is 2.14. The molecule has 50 heavy (non-hydrogen) atoms. The standard InChI is InChI=1S/C45H31N3O2/c1-28-10-22-35(23-11-28)48-40-24-20-33(29-12-16-31(17-13-29)44-46-38-6-2-4-8-42(38)49-44)26-36(40)37-27-34(21-25-41(37)48)30-14-18-32(19-15-30)45-47-39-7-3-5-9-43(39)50-45/h2-27,36,40H,1H3. The van der Waals surface area contributed by atoms with Gasteiger partial charge in [0.15, 0.2) is 11.2 Å². The van der Waals surface area contributed by atoms with Crippen LogP contribution < -0.4 is 4.90 Å². The van der Waals surface area contributed by atoms with E-state index >= 15 is 0 Å². The van der Waals surface area contributed by atoms with Crippen LogP contribution in [0.25, 0.3) is 61.8 Å². The Bertz CT molecular complexity index is 2540. The van der Waals surface area contributed by atoms with Gasteiger partial charge in [-0.15, -0.1) is 0 Å². The van der Waals surface area contributed by atoms with E-state index < -0.39 is 0 Å². The first-order chi connectivity index (χ1) is 24.6. The molecule has 2 unspecified atom stereocenters. The van der Waals surface area contributed by atoms with E-state index in [0.29, 0.717) is 11.8 Å². The van der Waals surface area contributed by atoms with E-state index in [2.05, 4.69) is 131 Å². The van der Waals surface area contributed by atoms with Crippen LogP contribution in [0.4, 0.5) is 11.4 Å². The Morgan fingerprint density at radius 3 is 1.74 bits per heavy atom. The van der Waals surface area contributed by atoms with Crippen molar-refractivity contribution in [3.8, 4) is 34.0 Å². The van der Waals surface area contributed by atoms with Crippen molar-refractivity contribution in [1.82, 2.24) is 9.97 Å². The maximum Gasteiger partial charge on any atom is 0.227 e. The summed E-state index contributed by atoms with van der Waals surface area (Å²) in [5, 5.41) is 0. The lowest BCUT2D eigenvalue weighted by Gasteiger charge is -2.30. The van der Waals surface area contributed by atoms with Crippen LogP contribution in [0.2, 0.25) is 0 Å². The van der Waals surface area contributed by atoms with Crippen LogP contribution in [0.1, 0.15) is 22.6 Å². The second kappa shape index (κ2) is 11.3. The van der Waals surface area contributed by atoms with Crippen molar-refractivity contribution in [3.63, 3.8) is 0 Å². The predicted molar refractivity (Wildman–Crippen MR) is 201 cm³/mol. The summed E-state index contributed by atoms with van der Waals surface area (Å²) in [5.74, 6) is 1.46. The highest BCUT2D eigenvalue weighted by Gasteiger charge is 2.38. The van der Waals surface area contributed by atoms with Gasteiger partial charge in [-0.25, -0.2) is 9.97 Å². The molecule has 10 rings (SSSR count). The van der Waals surface area contributed by atoms with E-state index in [-0.39, 0.29) is 12.0 Å². The van der Waals surface area contributed by atoms with E-state index in [9.17, 15) is 0 Å². The van der Waals surface area contributed by atoms with E-state index in [1.54, 1.807) is 0 Å². The molecule has 0 N–H and O–H groups in total. The fourth-order valence-electron chi connectivity index (χ4n) is 7.38. The number of aryl methyl sites for hydroxylation is 1. The van der Waals surface area contributed by atoms with Gasteiger partial charge in [0.25, 0.3) is 0 Å². The number of aromatic nitrogens is 2. The summed E-state index contributed by atoms with van der Waals surface area (Å²) in [6, 6.07) is 48.8. The average Bonchev–Trinajstić information content (AvgIpc) is 3.89. The molecule has 6 aromatic carbocycles. The van der Waals surface area contributed by atoms with Crippen molar-refractivity contribution in [2.24, 2.45) is 0 Å². The van der Waals surface area contributed by atoms with E-state index in [0.717, 1.165) is 38.9 Å². The monoisotopic (exact) mass is 645 g/mol. The summed E-state index contributed by atoms with van der Waals surface area (Å²) < 4.78 is 12.1. The first-order valence-corrected chi connectivity index (χ1v) is 17.0. The lowest BCUT2D eigenvalue weighted by Crippen LogP contribution is -2.28. The molecule has 0 saturated heterocycles. The minimum atomic E-state index is 0.173. The van der Waals surface area contributed by atoms with Gasteiger partial charge in [-0.05, 0) is 108 Å². The molecule has 1 aliphatic heterocycles. The van der Waals surface area contributed by atoms with Crippen molar-refractivity contribution >= 4 is 39.1 Å². The van der Waals surface area contributed by atoms with Crippen LogP contribution in [0.3, 0.4) is 0 Å². The molecule has 0 saturated carbocycles. The lowest BCUT2D eigenvalue weighted by atomic mass is 9.85. The predicted octanol–water partition coefficient (Wildman–Crippen LogP) is 11.5. The van der Waals surface area contributed by atoms with Crippen LogP contribution in [0, 0.1) is 6.92 Å². The number of benzene rings is 6. The number of hydrogen-bond acceptors (Lipinski definition) is 5. The van der Waals surface area contributed by atoms with Gasteiger partial charge < -0.3 is 13.7 Å². The van der Waals surface area contributed by atoms with Crippen molar-refractivity contribution in [2.75, 3.05) is 4.90 Å². The highest BCUT2D eigenvalue weighted by Crippen LogP contribution is 2.50. The van der Waals surface area contributed by atoms with Gasteiger partial charge in [0.2, 0.25) is 11.8 Å². The van der Waals surface area contributed by atoms with Gasteiger partial charge in [0.1, 0.15) is 11.0 Å². The van der Waals surface area contributed by atoms with Crippen molar-refractivity contribution in [3.05, 3.63) is 174 Å². The van der Waals surface area contributed by atoms with Crippen molar-refractivity contribution in [1.29, 1.82) is 0 Å². The average molecular weight is 646 g/mol. The van der Waals surface area contributed by atoms with Crippen LogP contribution in [-0.2, 0) is 0 Å². The molecule has 2 aliphatic rings. The highest BCUT2D eigenvalue weighted by molar-refractivity contribution is 5.85. The zero-order chi connectivity index (χ0) is 33.2. The molecule has 8 aromatic rings. The molecule has 2 atom stereocenters. The van der Waals surface area contributed by atoms with E-state index in [1.807, 2.05) is 48.5 Å². The number of allylic oxidation sites excluding steroid dienone is 2. The van der Waals surface area contributed by atoms with Gasteiger partial charge >= 0.3 is 0 Å². The molecule has 0 bridgehead atoms. The molecule has 2 aromatic heterocycles. The summed E-state index contributed by atoms with van der Waals surface area (Å²) in [4.78, 5) is 11.9. The highest BCUT2D eigenvalue weighted by atomic mass is 16.4. The number of hydrogen-bond donors (Lipinski definition) is 0. The summed E-state index contributed by atoms with van der Waals surface area (Å²) >= 11 is 0. The fraction of sp³-hybridized carbons (Fsp3) is 0.0667. The molecular weight excluding hydrogens is 615 g/mol. The SMILES string of the molecule is Cc1ccc(N2c3ccc(-c4ccc(-c5nc6ccccc6o5)cc4)cc3C3C=C(c4ccc(-c5nc6ccccc6o5)cc4)C=CC32)cc1. The normalized spacial score (nSPS) is 16.5. The Labute approximate surface area is 289 Å². The molecule has 5 heteroatoms. The molecule has 1 aliphatic carbocycles. The largest absolute Gasteiger partial charge is 0.436 e. The molecule has 0 radical (unpaired) electrons. The van der Waals surface area contributed by atoms with Crippen molar-refractivity contribution in [2.45, 2.75) is 18.9 Å². The summed E-state index contributed by atoms with van der Waals surface area (Å²) in [6.07, 6.45) is 7.07. The van der Waals surface area contributed by atoms with Crippen LogP contribution in [0.15, 0.2) is 167 Å². The van der Waals surface area contributed by atoms with E-state index in [1.165, 1.54) is 39.2 Å². The molecule has 5 nitrogen and oxygen atoms in total. The van der Waals surface area contributed by atoms with Crippen LogP contribution in [0.5, 0.6) is 0 Å². The van der Waals surface area contributed by atoms with Gasteiger partial charge in [-0.3, -0.25) is 0 Å². The van der Waals surface area contributed by atoms with Gasteiger partial charge in [0.05, 0.1) is 6.04 Å². The molecule has 0 spiro atoms. The number of oxazole rings is 2. The molecular formula is C45H31N3O2. The third-order valence-electron chi connectivity index (χ3n) is 9.97. The smallest absolute Gasteiger partial charge is 0.227 e. The minimum absolute atomic E-state index is 0.173. The Morgan fingerprint density at radius 2 is 1.12 bits per heavy atom. The maximum atomic E-state index is 6.03. The Hall–Kier alpha value is -6.46. The summed E-state index contributed by atoms with van der Waals surface area (Å²) in [7, 11) is 0. The maximum absolute atomic E-state index is 6.03. The second-order valence-electron chi connectivity index (χ2n) is 13.1. The Kier molecular flexibility index (Phi) is 6.46. The lowest BCUT2D eigenvalue weighted by molar-refractivity contribution is 0.619. The quantitative estimate of drug-likeness (QED) is 0.186. The van der Waals surface area contributed by atoms with Gasteiger partial charge in [-0.1, -0.05) is 90.5 Å². The Balaban J connectivity index is 1.00. The topological polar surface area (TPSA) is 55.3 Å². The van der Waals surface area contributed by atoms with E-state index in [4.69, 9.17) is 8.83 Å². The van der Waals surface area contributed by atoms with Crippen molar-refractivity contribution < 1.29 is 8.83 Å². The first-order valence-electron chi connectivity index (χ1n) is 17.0. The number of nitrogens with zero attached hydrogens (tertiary/aromatic N) is 3. The molecule has 0 amide bonds. The zero-order valence-corrected chi connectivity index (χ0v) is 27.3. The first kappa shape index (κ1) is 28.5. The molecule has 3 heterocycles. The Morgan fingerprint density at radius 1 is 0.560 bits per heavy atom. The van der Waals surface area contributed by atoms with Crippen LogP contribution >= 0.6 is 0 Å². The van der Waals surface area contributed by atoms with Gasteiger partial charge in [-0.2, -0.15) is 0 Å². The van der Waals surface area contributed by atoms with Crippen LogP contribution in [-0.4, -0.2) is 16.0 Å². The number of fused-ring (bicyclic) bond motifs is 5. The number of para-hydroxylation sites is 4. The molecule has 0 fully saturated rings. The van der Waals surface area contributed by atoms with Gasteiger partial charge in [0, 0.05) is 28.4 Å². The third-order valence-corrected chi connectivity index (χ3v) is 9.97. The number of anilines is 2.